The summed E-state index contributed by atoms with van der Waals surface area (Å²) in [4.78, 5) is 15.4. The molecule has 3 nitrogen and oxygen atoms in total. The number of aliphatic imine (C=N–C) groups is 1. The van der Waals surface area contributed by atoms with Crippen LogP contribution < -0.4 is 0 Å². The minimum absolute atomic E-state index is 0.438. The Kier molecular flexibility index (Phi) is 3.89. The molecule has 0 radical (unpaired) electrons. The fourth-order valence-corrected chi connectivity index (χ4v) is 1.62. The van der Waals surface area contributed by atoms with Gasteiger partial charge in [-0.3, -0.25) is 0 Å². The van der Waals surface area contributed by atoms with Gasteiger partial charge in [-0.05, 0) is 52.4 Å². The van der Waals surface area contributed by atoms with Crippen LogP contribution in [0.2, 0.25) is 0 Å². The van der Waals surface area contributed by atoms with Gasteiger partial charge in [-0.25, -0.2) is 4.79 Å². The second-order valence-electron chi connectivity index (χ2n) is 5.34. The zero-order valence-electron chi connectivity index (χ0n) is 10.2. The van der Waals surface area contributed by atoms with Crippen LogP contribution in [0.25, 0.3) is 0 Å². The van der Waals surface area contributed by atoms with E-state index in [4.69, 9.17) is 4.74 Å². The Morgan fingerprint density at radius 2 is 1.87 bits per heavy atom. The van der Waals surface area contributed by atoms with Gasteiger partial charge in [-0.15, -0.1) is 0 Å². The van der Waals surface area contributed by atoms with E-state index in [9.17, 15) is 4.79 Å². The molecule has 0 spiro atoms. The molecule has 1 rings (SSSR count). The highest BCUT2D eigenvalue weighted by molar-refractivity contribution is 5.93. The van der Waals surface area contributed by atoms with E-state index in [0.29, 0.717) is 0 Å². The molecule has 0 aromatic heterocycles. The fraction of sp³-hybridized carbons (Fsp3) is 0.833. The summed E-state index contributed by atoms with van der Waals surface area (Å²) >= 11 is 0. The maximum Gasteiger partial charge on any atom is 0.434 e. The lowest BCUT2D eigenvalue weighted by Crippen LogP contribution is -2.23. The third-order valence-electron chi connectivity index (χ3n) is 2.49. The number of hydrogen-bond acceptors (Lipinski definition) is 2. The number of ether oxygens (including phenoxy) is 1. The SMILES string of the molecule is CC1CCC(=NC(=O)OC(C)(C)C)CC1. The Morgan fingerprint density at radius 1 is 1.33 bits per heavy atom. The van der Waals surface area contributed by atoms with Gasteiger partial charge in [0.2, 0.25) is 0 Å². The molecule has 0 atom stereocenters. The van der Waals surface area contributed by atoms with Crippen molar-refractivity contribution >= 4 is 11.8 Å². The van der Waals surface area contributed by atoms with Gasteiger partial charge in [0, 0.05) is 5.71 Å². The van der Waals surface area contributed by atoms with E-state index in [1.165, 1.54) is 0 Å². The molecule has 1 saturated carbocycles. The molecule has 0 aromatic carbocycles. The van der Waals surface area contributed by atoms with Gasteiger partial charge in [-0.1, -0.05) is 6.92 Å². The molecule has 1 aliphatic carbocycles. The number of nitrogens with zero attached hydrogens (tertiary/aromatic N) is 1. The van der Waals surface area contributed by atoms with E-state index in [2.05, 4.69) is 11.9 Å². The first-order valence-electron chi connectivity index (χ1n) is 5.66. The summed E-state index contributed by atoms with van der Waals surface area (Å²) in [7, 11) is 0. The molecule has 1 amide bonds. The number of carbonyl (C=O) groups excluding carboxylic acids is 1. The van der Waals surface area contributed by atoms with Crippen LogP contribution in [-0.4, -0.2) is 17.4 Å². The second-order valence-corrected chi connectivity index (χ2v) is 5.34. The van der Waals surface area contributed by atoms with Gasteiger partial charge in [-0.2, -0.15) is 4.99 Å². The molecule has 15 heavy (non-hydrogen) atoms. The standard InChI is InChI=1S/C12H21NO2/c1-9-5-7-10(8-6-9)13-11(14)15-12(2,3)4/h9H,5-8H2,1-4H3. The summed E-state index contributed by atoms with van der Waals surface area (Å²) in [6, 6.07) is 0. The van der Waals surface area contributed by atoms with Crippen molar-refractivity contribution in [2.45, 2.75) is 59.0 Å². The van der Waals surface area contributed by atoms with Crippen molar-refractivity contribution in [3.05, 3.63) is 0 Å². The van der Waals surface area contributed by atoms with Crippen LogP contribution in [0.4, 0.5) is 4.79 Å². The Morgan fingerprint density at radius 3 is 2.33 bits per heavy atom. The van der Waals surface area contributed by atoms with Gasteiger partial charge in [0.1, 0.15) is 5.60 Å². The minimum Gasteiger partial charge on any atom is -0.442 e. The van der Waals surface area contributed by atoms with Gasteiger partial charge in [0.15, 0.2) is 0 Å². The second kappa shape index (κ2) is 4.77. The number of rotatable bonds is 0. The predicted molar refractivity (Wildman–Crippen MR) is 61.3 cm³/mol. The molecule has 3 heteroatoms. The van der Waals surface area contributed by atoms with Crippen molar-refractivity contribution in [1.82, 2.24) is 0 Å². The molecule has 0 saturated heterocycles. The smallest absolute Gasteiger partial charge is 0.434 e. The Balaban J connectivity index is 2.46. The summed E-state index contributed by atoms with van der Waals surface area (Å²) in [5, 5.41) is 0. The monoisotopic (exact) mass is 211 g/mol. The predicted octanol–water partition coefficient (Wildman–Crippen LogP) is 3.57. The molecule has 1 fully saturated rings. The molecule has 0 unspecified atom stereocenters. The summed E-state index contributed by atoms with van der Waals surface area (Å²) in [5.41, 5.74) is 0.561. The van der Waals surface area contributed by atoms with Crippen LogP contribution >= 0.6 is 0 Å². The molecular weight excluding hydrogens is 190 g/mol. The highest BCUT2D eigenvalue weighted by atomic mass is 16.6. The van der Waals surface area contributed by atoms with Crippen LogP contribution in [0.1, 0.15) is 53.4 Å². The molecule has 0 heterocycles. The first-order valence-corrected chi connectivity index (χ1v) is 5.66. The average Bonchev–Trinajstić information content (AvgIpc) is 2.05. The van der Waals surface area contributed by atoms with Crippen LogP contribution in [0, 0.1) is 5.92 Å². The minimum atomic E-state index is -0.441. The highest BCUT2D eigenvalue weighted by Gasteiger charge is 2.18. The van der Waals surface area contributed by atoms with E-state index in [1.807, 2.05) is 20.8 Å². The molecule has 1 aliphatic rings. The molecule has 0 bridgehead atoms. The van der Waals surface area contributed by atoms with Crippen molar-refractivity contribution in [2.75, 3.05) is 0 Å². The number of amides is 1. The van der Waals surface area contributed by atoms with Crippen LogP contribution in [0.15, 0.2) is 4.99 Å². The summed E-state index contributed by atoms with van der Waals surface area (Å²) in [6.07, 6.45) is 3.73. The van der Waals surface area contributed by atoms with Crippen molar-refractivity contribution in [1.29, 1.82) is 0 Å². The quantitative estimate of drug-likeness (QED) is 0.614. The Labute approximate surface area is 91.9 Å². The largest absolute Gasteiger partial charge is 0.442 e. The fourth-order valence-electron chi connectivity index (χ4n) is 1.62. The van der Waals surface area contributed by atoms with E-state index >= 15 is 0 Å². The maximum absolute atomic E-state index is 11.4. The lowest BCUT2D eigenvalue weighted by Gasteiger charge is -2.20. The van der Waals surface area contributed by atoms with E-state index in [-0.39, 0.29) is 0 Å². The summed E-state index contributed by atoms with van der Waals surface area (Å²) < 4.78 is 5.14. The maximum atomic E-state index is 11.4. The van der Waals surface area contributed by atoms with Crippen molar-refractivity contribution in [3.63, 3.8) is 0 Å². The Hall–Kier alpha value is -0.860. The Bertz CT molecular complexity index is 253. The molecule has 0 aromatic rings. The van der Waals surface area contributed by atoms with E-state index < -0.39 is 11.7 Å². The number of carbonyl (C=O) groups is 1. The first-order chi connectivity index (χ1) is 6.87. The molecule has 0 aliphatic heterocycles. The zero-order chi connectivity index (χ0) is 11.5. The molecule has 86 valence electrons. The van der Waals surface area contributed by atoms with Gasteiger partial charge in [0.05, 0.1) is 0 Å². The highest BCUT2D eigenvalue weighted by Crippen LogP contribution is 2.21. The average molecular weight is 211 g/mol. The van der Waals surface area contributed by atoms with E-state index in [1.54, 1.807) is 0 Å². The van der Waals surface area contributed by atoms with Crippen LogP contribution in [0.5, 0.6) is 0 Å². The summed E-state index contributed by atoms with van der Waals surface area (Å²) in [5.74, 6) is 0.766. The lowest BCUT2D eigenvalue weighted by atomic mass is 9.89. The topological polar surface area (TPSA) is 38.7 Å². The van der Waals surface area contributed by atoms with Gasteiger partial charge in [0.25, 0.3) is 0 Å². The normalized spacial score (nSPS) is 22.4. The van der Waals surface area contributed by atoms with Gasteiger partial charge >= 0.3 is 6.09 Å². The van der Waals surface area contributed by atoms with Crippen LogP contribution in [0.3, 0.4) is 0 Å². The third-order valence-corrected chi connectivity index (χ3v) is 2.49. The number of hydrogen-bond donors (Lipinski definition) is 0. The van der Waals surface area contributed by atoms with Crippen molar-refractivity contribution in [3.8, 4) is 0 Å². The van der Waals surface area contributed by atoms with Gasteiger partial charge < -0.3 is 4.74 Å². The summed E-state index contributed by atoms with van der Waals surface area (Å²) in [6.45, 7) is 7.81. The van der Waals surface area contributed by atoms with Crippen molar-refractivity contribution < 1.29 is 9.53 Å². The van der Waals surface area contributed by atoms with Crippen molar-refractivity contribution in [2.24, 2.45) is 10.9 Å². The van der Waals surface area contributed by atoms with Crippen LogP contribution in [-0.2, 0) is 4.74 Å². The molecular formula is C12H21NO2. The molecule has 0 N–H and O–H groups in total. The third kappa shape index (κ3) is 4.96. The lowest BCUT2D eigenvalue weighted by molar-refractivity contribution is 0.0603. The zero-order valence-corrected chi connectivity index (χ0v) is 10.2. The first kappa shape index (κ1) is 12.2. The van der Waals surface area contributed by atoms with E-state index in [0.717, 1.165) is 37.3 Å².